The zero-order valence-electron chi connectivity index (χ0n) is 14.2. The summed E-state index contributed by atoms with van der Waals surface area (Å²) in [5.74, 6) is -0.220. The lowest BCUT2D eigenvalue weighted by Crippen LogP contribution is -2.17. The molecule has 1 aliphatic rings. The maximum Gasteiger partial charge on any atom is 0.271 e. The summed E-state index contributed by atoms with van der Waals surface area (Å²) in [6.45, 7) is 0. The second-order valence-electron chi connectivity index (χ2n) is 5.92. The van der Waals surface area contributed by atoms with Gasteiger partial charge in [-0.3, -0.25) is 4.79 Å². The minimum atomic E-state index is -0.220. The molecule has 0 unspecified atom stereocenters. The Balaban J connectivity index is 1.51. The van der Waals surface area contributed by atoms with Gasteiger partial charge in [0.2, 0.25) is 0 Å². The fraction of sp³-hybridized carbons (Fsp3) is 0.0476. The van der Waals surface area contributed by atoms with Crippen molar-refractivity contribution in [2.45, 2.75) is 9.79 Å². The van der Waals surface area contributed by atoms with Gasteiger partial charge in [0.15, 0.2) is 0 Å². The minimum Gasteiger partial charge on any atom is -0.343 e. The monoisotopic (exact) mass is 359 g/mol. The van der Waals surface area contributed by atoms with Gasteiger partial charge in [-0.1, -0.05) is 48.2 Å². The van der Waals surface area contributed by atoms with Gasteiger partial charge in [0.1, 0.15) is 0 Å². The second kappa shape index (κ2) is 7.06. The Morgan fingerprint density at radius 2 is 1.69 bits per heavy atom. The topological polar surface area (TPSA) is 44.7 Å². The minimum absolute atomic E-state index is 0.220. The maximum absolute atomic E-state index is 12.0. The summed E-state index contributed by atoms with van der Waals surface area (Å²) >= 11 is 1.75. The number of hydrogen-bond donors (Lipinski definition) is 1. The molecule has 0 bridgehead atoms. The van der Waals surface area contributed by atoms with E-state index in [9.17, 15) is 4.79 Å². The lowest BCUT2D eigenvalue weighted by molar-refractivity contribution is 0.0955. The van der Waals surface area contributed by atoms with E-state index in [1.165, 1.54) is 21.2 Å². The number of para-hydroxylation sites is 1. The smallest absolute Gasteiger partial charge is 0.271 e. The van der Waals surface area contributed by atoms with Crippen LogP contribution in [-0.2, 0) is 0 Å². The first-order valence-corrected chi connectivity index (χ1v) is 9.07. The Labute approximate surface area is 156 Å². The van der Waals surface area contributed by atoms with Crippen molar-refractivity contribution in [2.24, 2.45) is 5.10 Å². The quantitative estimate of drug-likeness (QED) is 0.545. The highest BCUT2D eigenvalue weighted by Gasteiger charge is 2.20. The molecule has 0 spiro atoms. The molecule has 0 fully saturated rings. The summed E-state index contributed by atoms with van der Waals surface area (Å²) in [5, 5.41) is 4.08. The van der Waals surface area contributed by atoms with E-state index in [0.29, 0.717) is 5.56 Å². The normalized spacial score (nSPS) is 12.6. The number of rotatable bonds is 3. The summed E-state index contributed by atoms with van der Waals surface area (Å²) in [6.07, 6.45) is 1.67. The van der Waals surface area contributed by atoms with Crippen molar-refractivity contribution in [2.75, 3.05) is 11.9 Å². The molecule has 0 saturated carbocycles. The molecule has 0 aromatic heterocycles. The van der Waals surface area contributed by atoms with Crippen LogP contribution in [0.5, 0.6) is 0 Å². The number of benzene rings is 3. The number of carbonyl (C=O) groups is 1. The Hall–Kier alpha value is -3.05. The van der Waals surface area contributed by atoms with Crippen LogP contribution in [0.3, 0.4) is 0 Å². The molecule has 5 heteroatoms. The molecule has 4 rings (SSSR count). The molecule has 0 aliphatic carbocycles. The van der Waals surface area contributed by atoms with Crippen LogP contribution in [0.25, 0.3) is 0 Å². The van der Waals surface area contributed by atoms with Gasteiger partial charge in [-0.15, -0.1) is 0 Å². The van der Waals surface area contributed by atoms with Crippen molar-refractivity contribution < 1.29 is 4.79 Å². The average Bonchev–Trinajstić information content (AvgIpc) is 2.68. The van der Waals surface area contributed by atoms with E-state index in [1.54, 1.807) is 30.1 Å². The highest BCUT2D eigenvalue weighted by molar-refractivity contribution is 7.99. The lowest BCUT2D eigenvalue weighted by Gasteiger charge is -2.29. The van der Waals surface area contributed by atoms with Crippen LogP contribution >= 0.6 is 11.8 Å². The number of hydrazone groups is 1. The Bertz CT molecular complexity index is 986. The van der Waals surface area contributed by atoms with E-state index in [-0.39, 0.29) is 5.91 Å². The summed E-state index contributed by atoms with van der Waals surface area (Å²) in [5.41, 5.74) is 6.47. The van der Waals surface area contributed by atoms with E-state index in [0.717, 1.165) is 5.56 Å². The molecule has 1 N–H and O–H groups in total. The van der Waals surface area contributed by atoms with Crippen LogP contribution in [0.2, 0.25) is 0 Å². The van der Waals surface area contributed by atoms with Crippen LogP contribution in [0.15, 0.2) is 87.7 Å². The molecule has 1 amide bonds. The van der Waals surface area contributed by atoms with Crippen LogP contribution in [0.4, 0.5) is 11.4 Å². The molecule has 0 atom stereocenters. The van der Waals surface area contributed by atoms with Gasteiger partial charge in [-0.2, -0.15) is 5.10 Å². The third-order valence-corrected chi connectivity index (χ3v) is 5.32. The van der Waals surface area contributed by atoms with E-state index >= 15 is 0 Å². The van der Waals surface area contributed by atoms with Crippen molar-refractivity contribution in [3.05, 3.63) is 83.9 Å². The second-order valence-corrected chi connectivity index (χ2v) is 7.00. The van der Waals surface area contributed by atoms with Crippen molar-refractivity contribution in [1.82, 2.24) is 5.43 Å². The molecule has 26 heavy (non-hydrogen) atoms. The number of nitrogens with one attached hydrogen (secondary N) is 1. The molecule has 0 saturated heterocycles. The van der Waals surface area contributed by atoms with Crippen LogP contribution < -0.4 is 10.3 Å². The Kier molecular flexibility index (Phi) is 4.46. The number of hydrogen-bond acceptors (Lipinski definition) is 4. The molecule has 1 heterocycles. The fourth-order valence-electron chi connectivity index (χ4n) is 2.86. The largest absolute Gasteiger partial charge is 0.343 e. The summed E-state index contributed by atoms with van der Waals surface area (Å²) in [4.78, 5) is 16.6. The number of anilines is 2. The Morgan fingerprint density at radius 3 is 2.54 bits per heavy atom. The molecule has 3 aromatic carbocycles. The zero-order chi connectivity index (χ0) is 17.9. The molecule has 128 valence electrons. The molecular weight excluding hydrogens is 342 g/mol. The van der Waals surface area contributed by atoms with Gasteiger partial charge in [-0.05, 0) is 42.0 Å². The van der Waals surface area contributed by atoms with E-state index in [1.807, 2.05) is 24.3 Å². The number of carbonyl (C=O) groups excluding carboxylic acids is 1. The van der Waals surface area contributed by atoms with Crippen LogP contribution in [-0.4, -0.2) is 19.2 Å². The van der Waals surface area contributed by atoms with Gasteiger partial charge in [0, 0.05) is 22.4 Å². The highest BCUT2D eigenvalue weighted by Crippen LogP contribution is 2.47. The number of nitrogens with zero attached hydrogens (tertiary/aromatic N) is 2. The molecular formula is C21H17N3OS. The van der Waals surface area contributed by atoms with E-state index in [2.05, 4.69) is 58.9 Å². The first kappa shape index (κ1) is 16.4. The molecule has 4 nitrogen and oxygen atoms in total. The van der Waals surface area contributed by atoms with Crippen LogP contribution in [0, 0.1) is 0 Å². The van der Waals surface area contributed by atoms with E-state index < -0.39 is 0 Å². The van der Waals surface area contributed by atoms with Crippen molar-refractivity contribution in [3.63, 3.8) is 0 Å². The first-order valence-electron chi connectivity index (χ1n) is 8.25. The third-order valence-electron chi connectivity index (χ3n) is 4.21. The standard InChI is InChI=1S/C21H17N3OS/c1-24-17-9-5-6-10-19(17)26-20-13-15(11-12-18(20)24)14-22-23-21(25)16-7-3-2-4-8-16/h2-14H,1H3,(H,23,25)/b22-14+. The predicted molar refractivity (Wildman–Crippen MR) is 107 cm³/mol. The summed E-state index contributed by atoms with van der Waals surface area (Å²) in [6, 6.07) is 23.6. The molecule has 3 aromatic rings. The van der Waals surface area contributed by atoms with E-state index in [4.69, 9.17) is 0 Å². The van der Waals surface area contributed by atoms with Gasteiger partial charge in [0.25, 0.3) is 5.91 Å². The third kappa shape index (κ3) is 3.21. The lowest BCUT2D eigenvalue weighted by atomic mass is 10.2. The van der Waals surface area contributed by atoms with Gasteiger partial charge in [0.05, 0.1) is 17.6 Å². The zero-order valence-corrected chi connectivity index (χ0v) is 15.0. The van der Waals surface area contributed by atoms with Gasteiger partial charge >= 0.3 is 0 Å². The van der Waals surface area contributed by atoms with Crippen molar-refractivity contribution in [1.29, 1.82) is 0 Å². The fourth-order valence-corrected chi connectivity index (χ4v) is 4.06. The summed E-state index contributed by atoms with van der Waals surface area (Å²) < 4.78 is 0. The SMILES string of the molecule is CN1c2ccccc2Sc2cc(/C=N/NC(=O)c3ccccc3)ccc21. The molecule has 0 radical (unpaired) electrons. The summed E-state index contributed by atoms with van der Waals surface area (Å²) in [7, 11) is 2.07. The maximum atomic E-state index is 12.0. The first-order chi connectivity index (χ1) is 12.7. The van der Waals surface area contributed by atoms with Crippen molar-refractivity contribution in [3.8, 4) is 0 Å². The van der Waals surface area contributed by atoms with Gasteiger partial charge in [-0.25, -0.2) is 5.43 Å². The Morgan fingerprint density at radius 1 is 0.962 bits per heavy atom. The highest BCUT2D eigenvalue weighted by atomic mass is 32.2. The molecule has 1 aliphatic heterocycles. The van der Waals surface area contributed by atoms with Crippen LogP contribution in [0.1, 0.15) is 15.9 Å². The average molecular weight is 359 g/mol. The van der Waals surface area contributed by atoms with Crippen molar-refractivity contribution >= 4 is 35.3 Å². The number of amides is 1. The predicted octanol–water partition coefficient (Wildman–Crippen LogP) is 4.68. The van der Waals surface area contributed by atoms with Gasteiger partial charge < -0.3 is 4.90 Å². The number of fused-ring (bicyclic) bond motifs is 2.